The van der Waals surface area contributed by atoms with Crippen LogP contribution in [0, 0.1) is 13.8 Å². The van der Waals surface area contributed by atoms with E-state index in [9.17, 15) is 9.59 Å². The minimum atomic E-state index is -0.441. The Kier molecular flexibility index (Phi) is 6.40. The van der Waals surface area contributed by atoms with Gasteiger partial charge in [0.05, 0.1) is 18.0 Å². The molecule has 0 unspecified atom stereocenters. The second kappa shape index (κ2) is 9.39. The molecule has 0 radical (unpaired) electrons. The van der Waals surface area contributed by atoms with Gasteiger partial charge in [0, 0.05) is 31.5 Å². The summed E-state index contributed by atoms with van der Waals surface area (Å²) in [7, 11) is 0. The first kappa shape index (κ1) is 21.8. The number of nitrogens with zero attached hydrogens (tertiary/aromatic N) is 3. The van der Waals surface area contributed by atoms with Gasteiger partial charge in [-0.05, 0) is 44.9 Å². The van der Waals surface area contributed by atoms with Crippen LogP contribution in [0.15, 0.2) is 48.5 Å². The first-order valence-electron chi connectivity index (χ1n) is 11.1. The van der Waals surface area contributed by atoms with Crippen LogP contribution in [0.25, 0.3) is 5.69 Å². The van der Waals surface area contributed by atoms with Crippen molar-refractivity contribution < 1.29 is 14.3 Å². The van der Waals surface area contributed by atoms with Crippen molar-refractivity contribution in [1.82, 2.24) is 14.7 Å². The molecule has 0 saturated carbocycles. The zero-order valence-corrected chi connectivity index (χ0v) is 18.9. The fourth-order valence-corrected chi connectivity index (χ4v) is 4.06. The summed E-state index contributed by atoms with van der Waals surface area (Å²) in [6, 6.07) is 16.3. The molecule has 32 heavy (non-hydrogen) atoms. The van der Waals surface area contributed by atoms with Crippen molar-refractivity contribution in [2.24, 2.45) is 0 Å². The Morgan fingerprint density at radius 3 is 2.31 bits per heavy atom. The highest BCUT2D eigenvalue weighted by molar-refractivity contribution is 5.90. The predicted molar refractivity (Wildman–Crippen MR) is 123 cm³/mol. The smallest absolute Gasteiger partial charge is 0.359 e. The van der Waals surface area contributed by atoms with Gasteiger partial charge in [-0.2, -0.15) is 5.10 Å². The molecule has 0 N–H and O–H groups in total. The van der Waals surface area contributed by atoms with Gasteiger partial charge < -0.3 is 9.64 Å². The predicted octanol–water partition coefficient (Wildman–Crippen LogP) is 4.18. The van der Waals surface area contributed by atoms with Crippen LogP contribution < -0.4 is 0 Å². The lowest BCUT2D eigenvalue weighted by Crippen LogP contribution is -2.36. The summed E-state index contributed by atoms with van der Waals surface area (Å²) >= 11 is 0. The molecule has 6 nitrogen and oxygen atoms in total. The summed E-state index contributed by atoms with van der Waals surface area (Å²) in [5.41, 5.74) is 6.49. The number of esters is 1. The van der Waals surface area contributed by atoms with Crippen LogP contribution in [0.5, 0.6) is 0 Å². The normalized spacial score (nSPS) is 13.0. The molecule has 2 aromatic carbocycles. The average Bonchev–Trinajstić information content (AvgIpc) is 3.18. The highest BCUT2D eigenvalue weighted by Gasteiger charge is 2.31. The monoisotopic (exact) mass is 431 g/mol. The molecule has 0 fully saturated rings. The summed E-state index contributed by atoms with van der Waals surface area (Å²) in [5.74, 6) is -0.349. The van der Waals surface area contributed by atoms with E-state index in [1.807, 2.05) is 40.8 Å². The van der Waals surface area contributed by atoms with E-state index in [-0.39, 0.29) is 12.5 Å². The van der Waals surface area contributed by atoms with Crippen molar-refractivity contribution in [3.8, 4) is 5.69 Å². The third kappa shape index (κ3) is 4.59. The molecule has 0 spiro atoms. The standard InChI is InChI=1S/C26H29N3O3/c1-4-32-26(31)25-22-17-28(24(30)14-11-20-9-5-18(2)6-10-20)16-15-23(22)29(27-25)21-12-7-19(3)8-13-21/h5-10,12-13H,4,11,14-17H2,1-3H3. The molecule has 0 saturated heterocycles. The largest absolute Gasteiger partial charge is 0.461 e. The van der Waals surface area contributed by atoms with Crippen LogP contribution >= 0.6 is 0 Å². The number of carbonyl (C=O) groups is 2. The summed E-state index contributed by atoms with van der Waals surface area (Å²) in [6.45, 7) is 7.14. The summed E-state index contributed by atoms with van der Waals surface area (Å²) < 4.78 is 7.08. The molecule has 3 aromatic rings. The Bertz CT molecular complexity index is 1110. The van der Waals surface area contributed by atoms with Crippen molar-refractivity contribution in [3.63, 3.8) is 0 Å². The minimum Gasteiger partial charge on any atom is -0.461 e. The number of carbonyl (C=O) groups excluding carboxylic acids is 2. The van der Waals surface area contributed by atoms with E-state index in [1.54, 1.807) is 6.92 Å². The Labute approximate surface area is 188 Å². The molecular formula is C26H29N3O3. The van der Waals surface area contributed by atoms with E-state index in [4.69, 9.17) is 4.74 Å². The van der Waals surface area contributed by atoms with E-state index >= 15 is 0 Å². The molecule has 0 atom stereocenters. The molecule has 2 heterocycles. The van der Waals surface area contributed by atoms with Crippen LogP contribution in [0.2, 0.25) is 0 Å². The third-order valence-electron chi connectivity index (χ3n) is 5.91. The SMILES string of the molecule is CCOC(=O)c1nn(-c2ccc(C)cc2)c2c1CN(C(=O)CCc1ccc(C)cc1)CC2. The molecule has 1 aliphatic heterocycles. The Balaban J connectivity index is 1.56. The molecule has 1 aromatic heterocycles. The maximum absolute atomic E-state index is 13.0. The summed E-state index contributed by atoms with van der Waals surface area (Å²) in [6.07, 6.45) is 1.79. The average molecular weight is 432 g/mol. The molecule has 6 heteroatoms. The number of fused-ring (bicyclic) bond motifs is 1. The maximum atomic E-state index is 13.0. The quantitative estimate of drug-likeness (QED) is 0.549. The highest BCUT2D eigenvalue weighted by atomic mass is 16.5. The van der Waals surface area contributed by atoms with Crippen LogP contribution in [0.4, 0.5) is 0 Å². The topological polar surface area (TPSA) is 64.4 Å². The van der Waals surface area contributed by atoms with Gasteiger partial charge in [-0.3, -0.25) is 4.79 Å². The van der Waals surface area contributed by atoms with Crippen molar-refractivity contribution in [1.29, 1.82) is 0 Å². The Morgan fingerprint density at radius 1 is 1.00 bits per heavy atom. The van der Waals surface area contributed by atoms with Crippen molar-refractivity contribution in [2.75, 3.05) is 13.2 Å². The van der Waals surface area contributed by atoms with Gasteiger partial charge in [0.15, 0.2) is 5.69 Å². The number of ether oxygens (including phenoxy) is 1. The van der Waals surface area contributed by atoms with Gasteiger partial charge in [-0.15, -0.1) is 0 Å². The van der Waals surface area contributed by atoms with Gasteiger partial charge in [0.1, 0.15) is 0 Å². The van der Waals surface area contributed by atoms with E-state index < -0.39 is 5.97 Å². The summed E-state index contributed by atoms with van der Waals surface area (Å²) in [5, 5.41) is 4.61. The first-order chi connectivity index (χ1) is 15.5. The van der Waals surface area contributed by atoms with E-state index in [0.717, 1.165) is 28.1 Å². The Morgan fingerprint density at radius 2 is 1.66 bits per heavy atom. The lowest BCUT2D eigenvalue weighted by atomic mass is 10.0. The van der Waals surface area contributed by atoms with Crippen LogP contribution in [0.3, 0.4) is 0 Å². The zero-order valence-electron chi connectivity index (χ0n) is 18.9. The number of hydrogen-bond donors (Lipinski definition) is 0. The molecule has 0 bridgehead atoms. The van der Waals surface area contributed by atoms with Crippen molar-refractivity contribution in [2.45, 2.75) is 46.6 Å². The molecule has 4 rings (SSSR count). The second-order valence-electron chi connectivity index (χ2n) is 8.29. The number of benzene rings is 2. The van der Waals surface area contributed by atoms with Gasteiger partial charge in [0.25, 0.3) is 0 Å². The number of aryl methyl sites for hydroxylation is 3. The number of amides is 1. The highest BCUT2D eigenvalue weighted by Crippen LogP contribution is 2.27. The van der Waals surface area contributed by atoms with Crippen LogP contribution in [-0.2, 0) is 28.9 Å². The van der Waals surface area contributed by atoms with E-state index in [2.05, 4.69) is 36.3 Å². The third-order valence-corrected chi connectivity index (χ3v) is 5.91. The van der Waals surface area contributed by atoms with Crippen molar-refractivity contribution >= 4 is 11.9 Å². The number of aromatic nitrogens is 2. The number of rotatable bonds is 6. The fourth-order valence-electron chi connectivity index (χ4n) is 4.06. The van der Waals surface area contributed by atoms with E-state index in [1.165, 1.54) is 5.56 Å². The fraction of sp³-hybridized carbons (Fsp3) is 0.346. The molecule has 166 valence electrons. The van der Waals surface area contributed by atoms with Crippen LogP contribution in [-0.4, -0.2) is 39.7 Å². The molecule has 0 aliphatic carbocycles. The minimum absolute atomic E-state index is 0.0918. The van der Waals surface area contributed by atoms with Crippen LogP contribution in [0.1, 0.15) is 51.8 Å². The summed E-state index contributed by atoms with van der Waals surface area (Å²) in [4.78, 5) is 27.4. The molecule has 1 aliphatic rings. The number of hydrogen-bond acceptors (Lipinski definition) is 4. The van der Waals surface area contributed by atoms with Gasteiger partial charge in [-0.1, -0.05) is 47.5 Å². The van der Waals surface area contributed by atoms with E-state index in [0.29, 0.717) is 38.0 Å². The second-order valence-corrected chi connectivity index (χ2v) is 8.29. The zero-order chi connectivity index (χ0) is 22.7. The first-order valence-corrected chi connectivity index (χ1v) is 11.1. The Hall–Kier alpha value is -3.41. The van der Waals surface area contributed by atoms with Crippen molar-refractivity contribution in [3.05, 3.63) is 82.2 Å². The molecular weight excluding hydrogens is 402 g/mol. The maximum Gasteiger partial charge on any atom is 0.359 e. The lowest BCUT2D eigenvalue weighted by Gasteiger charge is -2.28. The lowest BCUT2D eigenvalue weighted by molar-refractivity contribution is -0.132. The van der Waals surface area contributed by atoms with Gasteiger partial charge in [0.2, 0.25) is 5.91 Å². The van der Waals surface area contributed by atoms with Gasteiger partial charge in [-0.25, -0.2) is 9.48 Å². The molecule has 1 amide bonds. The van der Waals surface area contributed by atoms with Gasteiger partial charge >= 0.3 is 5.97 Å².